The number of alkyl halides is 3. The van der Waals surface area contributed by atoms with Gasteiger partial charge >= 0.3 is 12.3 Å². The third-order valence-corrected chi connectivity index (χ3v) is 4.11. The minimum Gasteiger partial charge on any atom is -0.490 e. The molecule has 1 amide bonds. The molecule has 4 nitrogen and oxygen atoms in total. The summed E-state index contributed by atoms with van der Waals surface area (Å²) in [6.45, 7) is 5.46. The molecule has 1 saturated carbocycles. The minimum atomic E-state index is -4.41. The zero-order valence-electron chi connectivity index (χ0n) is 13.9. The molecule has 0 unspecified atom stereocenters. The maximum absolute atomic E-state index is 12.7. The van der Waals surface area contributed by atoms with Crippen molar-refractivity contribution in [2.75, 3.05) is 0 Å². The van der Waals surface area contributed by atoms with Crippen molar-refractivity contribution in [1.82, 2.24) is 4.90 Å². The number of hydrogen-bond donors (Lipinski definition) is 1. The third-order valence-electron chi connectivity index (χ3n) is 4.11. The van der Waals surface area contributed by atoms with Gasteiger partial charge in [-0.3, -0.25) is 0 Å². The Morgan fingerprint density at radius 3 is 2.46 bits per heavy atom. The topological polar surface area (TPSA) is 49.8 Å². The lowest BCUT2D eigenvalue weighted by molar-refractivity contribution is -0.137. The molecule has 0 spiro atoms. The van der Waals surface area contributed by atoms with Crippen LogP contribution in [0.1, 0.15) is 45.6 Å². The van der Waals surface area contributed by atoms with Crippen LogP contribution < -0.4 is 4.74 Å². The number of amides is 1. The molecule has 0 heterocycles. The van der Waals surface area contributed by atoms with Crippen LogP contribution in [0.25, 0.3) is 0 Å². The van der Waals surface area contributed by atoms with E-state index in [4.69, 9.17) is 4.74 Å². The molecular weight excluding hydrogens is 323 g/mol. The lowest BCUT2D eigenvalue weighted by Crippen LogP contribution is -2.50. The van der Waals surface area contributed by atoms with Crippen molar-refractivity contribution in [3.05, 3.63) is 29.8 Å². The molecule has 2 atom stereocenters. The van der Waals surface area contributed by atoms with Crippen LogP contribution in [0, 0.1) is 0 Å². The number of ether oxygens (including phenoxy) is 1. The molecule has 0 saturated heterocycles. The molecule has 1 aliphatic carbocycles. The first-order valence-electron chi connectivity index (χ1n) is 7.84. The fourth-order valence-corrected chi connectivity index (χ4v) is 3.19. The van der Waals surface area contributed by atoms with Gasteiger partial charge in [-0.05, 0) is 51.8 Å². The molecule has 0 aromatic heterocycles. The Morgan fingerprint density at radius 2 is 1.92 bits per heavy atom. The Morgan fingerprint density at radius 1 is 1.25 bits per heavy atom. The van der Waals surface area contributed by atoms with E-state index in [0.717, 1.165) is 12.1 Å². The van der Waals surface area contributed by atoms with E-state index in [9.17, 15) is 23.1 Å². The van der Waals surface area contributed by atoms with E-state index in [0.29, 0.717) is 19.3 Å². The molecular formula is C17H22F3NO3. The molecule has 1 aliphatic rings. The fraction of sp³-hybridized carbons (Fsp3) is 0.588. The largest absolute Gasteiger partial charge is 0.490 e. The van der Waals surface area contributed by atoms with E-state index in [2.05, 4.69) is 0 Å². The van der Waals surface area contributed by atoms with E-state index >= 15 is 0 Å². The number of nitrogens with zero attached hydrogens (tertiary/aromatic N) is 1. The quantitative estimate of drug-likeness (QED) is 0.857. The van der Waals surface area contributed by atoms with Gasteiger partial charge in [-0.1, -0.05) is 6.07 Å². The van der Waals surface area contributed by atoms with E-state index in [1.54, 1.807) is 0 Å². The van der Waals surface area contributed by atoms with Gasteiger partial charge in [0.15, 0.2) is 0 Å². The van der Waals surface area contributed by atoms with Gasteiger partial charge in [-0.15, -0.1) is 0 Å². The van der Waals surface area contributed by atoms with Crippen molar-refractivity contribution < 1.29 is 27.8 Å². The Kier molecular flexibility index (Phi) is 5.01. The second kappa shape index (κ2) is 6.53. The Bertz CT molecular complexity index is 595. The molecule has 24 heavy (non-hydrogen) atoms. The van der Waals surface area contributed by atoms with Crippen LogP contribution in [0.5, 0.6) is 5.75 Å². The summed E-state index contributed by atoms with van der Waals surface area (Å²) in [5, 5.41) is 9.43. The Balaban J connectivity index is 2.05. The Hall–Kier alpha value is -1.92. The maximum Gasteiger partial charge on any atom is 0.416 e. The molecule has 134 valence electrons. The summed E-state index contributed by atoms with van der Waals surface area (Å²) in [5.74, 6) is 0.160. The zero-order valence-corrected chi connectivity index (χ0v) is 13.9. The van der Waals surface area contributed by atoms with Gasteiger partial charge in [-0.25, -0.2) is 4.79 Å². The van der Waals surface area contributed by atoms with Crippen LogP contribution >= 0.6 is 0 Å². The first-order chi connectivity index (χ1) is 11.0. The third kappa shape index (κ3) is 4.33. The summed E-state index contributed by atoms with van der Waals surface area (Å²) in [6.07, 6.45) is -3.98. The van der Waals surface area contributed by atoms with Gasteiger partial charge in [0.25, 0.3) is 0 Å². The summed E-state index contributed by atoms with van der Waals surface area (Å²) >= 11 is 0. The average Bonchev–Trinajstić information content (AvgIpc) is 2.83. The van der Waals surface area contributed by atoms with Crippen LogP contribution in [-0.4, -0.2) is 33.8 Å². The van der Waals surface area contributed by atoms with Gasteiger partial charge in [0.1, 0.15) is 11.9 Å². The number of benzene rings is 1. The summed E-state index contributed by atoms with van der Waals surface area (Å²) < 4.78 is 43.9. The van der Waals surface area contributed by atoms with Crippen LogP contribution in [0.4, 0.5) is 18.0 Å². The van der Waals surface area contributed by atoms with Crippen LogP contribution in [0.15, 0.2) is 24.3 Å². The predicted octanol–water partition coefficient (Wildman–Crippen LogP) is 4.78. The highest BCUT2D eigenvalue weighted by atomic mass is 19.4. The lowest BCUT2D eigenvalue weighted by Gasteiger charge is -2.38. The van der Waals surface area contributed by atoms with E-state index in [1.807, 2.05) is 20.8 Å². The van der Waals surface area contributed by atoms with Crippen LogP contribution in [-0.2, 0) is 6.18 Å². The highest BCUT2D eigenvalue weighted by Crippen LogP contribution is 2.34. The molecule has 1 aromatic rings. The standard InChI is InChI=1S/C17H22F3NO3/c1-16(2,3)21(15(22)23)12-7-8-14(10-12)24-13-6-4-5-11(9-13)17(18,19)20/h4-6,9,12,14H,7-8,10H2,1-3H3,(H,22,23)/t12-,14-/m0/s1. The van der Waals surface area contributed by atoms with E-state index < -0.39 is 23.4 Å². The smallest absolute Gasteiger partial charge is 0.416 e. The minimum absolute atomic E-state index is 0.160. The van der Waals surface area contributed by atoms with Crippen LogP contribution in [0.3, 0.4) is 0 Å². The molecule has 0 radical (unpaired) electrons. The van der Waals surface area contributed by atoms with Gasteiger partial charge in [0, 0.05) is 18.0 Å². The van der Waals surface area contributed by atoms with Gasteiger partial charge in [0.05, 0.1) is 5.56 Å². The summed E-state index contributed by atoms with van der Waals surface area (Å²) in [6, 6.07) is 4.57. The number of hydrogen-bond acceptors (Lipinski definition) is 2. The number of halogens is 3. The number of carboxylic acid groups (broad SMARTS) is 1. The monoisotopic (exact) mass is 345 g/mol. The molecule has 0 aliphatic heterocycles. The summed E-state index contributed by atoms with van der Waals surface area (Å²) in [7, 11) is 0. The van der Waals surface area contributed by atoms with Crippen molar-refractivity contribution in [3.63, 3.8) is 0 Å². The molecule has 0 bridgehead atoms. The highest BCUT2D eigenvalue weighted by Gasteiger charge is 2.39. The molecule has 7 heteroatoms. The maximum atomic E-state index is 12.7. The van der Waals surface area contributed by atoms with Crippen LogP contribution in [0.2, 0.25) is 0 Å². The molecule has 1 aromatic carbocycles. The van der Waals surface area contributed by atoms with Crippen molar-refractivity contribution in [1.29, 1.82) is 0 Å². The van der Waals surface area contributed by atoms with Crippen molar-refractivity contribution in [2.24, 2.45) is 0 Å². The first kappa shape index (κ1) is 18.4. The molecule has 1 fully saturated rings. The zero-order chi connectivity index (χ0) is 18.1. The van der Waals surface area contributed by atoms with Gasteiger partial charge in [-0.2, -0.15) is 13.2 Å². The van der Waals surface area contributed by atoms with Gasteiger partial charge in [0.2, 0.25) is 0 Å². The fourth-order valence-electron chi connectivity index (χ4n) is 3.19. The van der Waals surface area contributed by atoms with Crippen molar-refractivity contribution in [3.8, 4) is 5.75 Å². The molecule has 1 N–H and O–H groups in total. The second-order valence-corrected chi connectivity index (χ2v) is 7.06. The summed E-state index contributed by atoms with van der Waals surface area (Å²) in [4.78, 5) is 12.9. The predicted molar refractivity (Wildman–Crippen MR) is 83.1 cm³/mol. The van der Waals surface area contributed by atoms with Gasteiger partial charge < -0.3 is 14.7 Å². The highest BCUT2D eigenvalue weighted by molar-refractivity contribution is 5.66. The number of rotatable bonds is 3. The second-order valence-electron chi connectivity index (χ2n) is 7.06. The van der Waals surface area contributed by atoms with Crippen molar-refractivity contribution in [2.45, 2.75) is 63.9 Å². The SMILES string of the molecule is CC(C)(C)N(C(=O)O)[C@H]1CC[C@H](Oc2cccc(C(F)(F)F)c2)C1. The van der Waals surface area contributed by atoms with E-state index in [1.165, 1.54) is 17.0 Å². The molecule has 2 rings (SSSR count). The van der Waals surface area contributed by atoms with Crippen molar-refractivity contribution >= 4 is 6.09 Å². The number of carbonyl (C=O) groups is 1. The normalized spacial score (nSPS) is 21.6. The summed E-state index contributed by atoms with van der Waals surface area (Å²) in [5.41, 5.74) is -1.29. The lowest BCUT2D eigenvalue weighted by atomic mass is 10.0. The van der Waals surface area contributed by atoms with E-state index in [-0.39, 0.29) is 17.9 Å². The average molecular weight is 345 g/mol. The Labute approximate surface area is 139 Å². The first-order valence-corrected chi connectivity index (χ1v) is 7.84.